The number of carbonyl (C=O) groups excluding carboxylic acids is 1. The topological polar surface area (TPSA) is 32.3 Å². The van der Waals surface area contributed by atoms with E-state index >= 15 is 0 Å². The van der Waals surface area contributed by atoms with Gasteiger partial charge in [-0.3, -0.25) is 9.69 Å². The van der Waals surface area contributed by atoms with Gasteiger partial charge in [-0.25, -0.2) is 0 Å². The van der Waals surface area contributed by atoms with Crippen LogP contribution >= 0.6 is 0 Å². The molecule has 0 saturated carbocycles. The molecule has 0 aromatic carbocycles. The Kier molecular flexibility index (Phi) is 7.30. The highest BCUT2D eigenvalue weighted by molar-refractivity contribution is 5.75. The predicted molar refractivity (Wildman–Crippen MR) is 55.4 cm³/mol. The zero-order valence-corrected chi connectivity index (χ0v) is 8.68. The van der Waals surface area contributed by atoms with Gasteiger partial charge < -0.3 is 5.32 Å². The summed E-state index contributed by atoms with van der Waals surface area (Å²) < 4.78 is 0. The lowest BCUT2D eigenvalue weighted by molar-refractivity contribution is -0.121. The third-order valence-electron chi connectivity index (χ3n) is 1.65. The van der Waals surface area contributed by atoms with E-state index in [4.69, 9.17) is 0 Å². The highest BCUT2D eigenvalue weighted by atomic mass is 16.1. The Morgan fingerprint density at radius 1 is 1.46 bits per heavy atom. The molecule has 76 valence electrons. The highest BCUT2D eigenvalue weighted by Gasteiger charge is 1.99. The molecule has 0 rings (SSSR count). The van der Waals surface area contributed by atoms with Crippen LogP contribution in [0.1, 0.15) is 25.7 Å². The number of nitrogens with zero attached hydrogens (tertiary/aromatic N) is 1. The number of amides is 1. The van der Waals surface area contributed by atoms with Gasteiger partial charge in [0.25, 0.3) is 0 Å². The fraction of sp³-hybridized carbons (Fsp3) is 0.700. The SMILES string of the molecule is C=CCCCCC(=O)NCN(C)C. The van der Waals surface area contributed by atoms with Gasteiger partial charge in [0.1, 0.15) is 0 Å². The number of allylic oxidation sites excluding steroid dienone is 1. The summed E-state index contributed by atoms with van der Waals surface area (Å²) in [6.45, 7) is 4.25. The van der Waals surface area contributed by atoms with Crippen LogP contribution in [0.15, 0.2) is 12.7 Å². The van der Waals surface area contributed by atoms with Crippen molar-refractivity contribution in [3.8, 4) is 0 Å². The molecule has 0 aliphatic rings. The maximum Gasteiger partial charge on any atom is 0.220 e. The minimum Gasteiger partial charge on any atom is -0.343 e. The van der Waals surface area contributed by atoms with Crippen LogP contribution in [0, 0.1) is 0 Å². The van der Waals surface area contributed by atoms with Crippen LogP contribution < -0.4 is 5.32 Å². The zero-order valence-electron chi connectivity index (χ0n) is 8.68. The first kappa shape index (κ1) is 12.2. The molecular formula is C10H20N2O. The zero-order chi connectivity index (χ0) is 10.1. The van der Waals surface area contributed by atoms with Crippen LogP contribution in [0.25, 0.3) is 0 Å². The Balaban J connectivity index is 3.25. The fourth-order valence-corrected chi connectivity index (χ4v) is 0.909. The number of hydrogen-bond donors (Lipinski definition) is 1. The van der Waals surface area contributed by atoms with Crippen LogP contribution in [0.5, 0.6) is 0 Å². The van der Waals surface area contributed by atoms with Crippen LogP contribution in [0.3, 0.4) is 0 Å². The van der Waals surface area contributed by atoms with Crippen molar-refractivity contribution in [1.29, 1.82) is 0 Å². The van der Waals surface area contributed by atoms with Gasteiger partial charge in [-0.1, -0.05) is 6.08 Å². The van der Waals surface area contributed by atoms with E-state index in [0.717, 1.165) is 19.3 Å². The smallest absolute Gasteiger partial charge is 0.220 e. The van der Waals surface area contributed by atoms with Crippen molar-refractivity contribution in [2.45, 2.75) is 25.7 Å². The number of hydrogen-bond acceptors (Lipinski definition) is 2. The first-order valence-electron chi connectivity index (χ1n) is 4.69. The fourth-order valence-electron chi connectivity index (χ4n) is 0.909. The molecule has 1 N–H and O–H groups in total. The normalized spacial score (nSPS) is 10.1. The summed E-state index contributed by atoms with van der Waals surface area (Å²) in [6, 6.07) is 0. The van der Waals surface area contributed by atoms with Crippen molar-refractivity contribution in [2.24, 2.45) is 0 Å². The summed E-state index contributed by atoms with van der Waals surface area (Å²) in [6.07, 6.45) is 5.52. The molecular weight excluding hydrogens is 164 g/mol. The van der Waals surface area contributed by atoms with Crippen molar-refractivity contribution in [2.75, 3.05) is 20.8 Å². The monoisotopic (exact) mass is 184 g/mol. The molecule has 0 fully saturated rings. The average molecular weight is 184 g/mol. The first-order chi connectivity index (χ1) is 6.16. The van der Waals surface area contributed by atoms with E-state index < -0.39 is 0 Å². The maximum absolute atomic E-state index is 11.1. The van der Waals surface area contributed by atoms with Crippen molar-refractivity contribution in [3.63, 3.8) is 0 Å². The summed E-state index contributed by atoms with van der Waals surface area (Å²) in [5.74, 6) is 0.137. The van der Waals surface area contributed by atoms with Crippen LogP contribution in [0.4, 0.5) is 0 Å². The molecule has 0 saturated heterocycles. The molecule has 0 spiro atoms. The number of rotatable bonds is 7. The van der Waals surface area contributed by atoms with Crippen molar-refractivity contribution in [1.82, 2.24) is 10.2 Å². The van der Waals surface area contributed by atoms with E-state index in [-0.39, 0.29) is 5.91 Å². The van der Waals surface area contributed by atoms with Crippen LogP contribution in [-0.2, 0) is 4.79 Å². The standard InChI is InChI=1S/C10H20N2O/c1-4-5-6-7-8-10(13)11-9-12(2)3/h4H,1,5-9H2,2-3H3,(H,11,13). The first-order valence-corrected chi connectivity index (χ1v) is 4.69. The Hall–Kier alpha value is -0.830. The van der Waals surface area contributed by atoms with Crippen LogP contribution in [0.2, 0.25) is 0 Å². The van der Waals surface area contributed by atoms with Crippen molar-refractivity contribution in [3.05, 3.63) is 12.7 Å². The summed E-state index contributed by atoms with van der Waals surface area (Å²) in [5.41, 5.74) is 0. The molecule has 0 radical (unpaired) electrons. The summed E-state index contributed by atoms with van der Waals surface area (Å²) >= 11 is 0. The Labute approximate surface area is 80.8 Å². The number of carbonyl (C=O) groups is 1. The molecule has 0 unspecified atom stereocenters. The van der Waals surface area contributed by atoms with Gasteiger partial charge in [0.2, 0.25) is 5.91 Å². The Morgan fingerprint density at radius 3 is 2.69 bits per heavy atom. The van der Waals surface area contributed by atoms with Gasteiger partial charge in [0.05, 0.1) is 6.67 Å². The second-order valence-electron chi connectivity index (χ2n) is 3.37. The summed E-state index contributed by atoms with van der Waals surface area (Å²) in [4.78, 5) is 13.1. The maximum atomic E-state index is 11.1. The van der Waals surface area contributed by atoms with E-state index in [9.17, 15) is 4.79 Å². The van der Waals surface area contributed by atoms with Gasteiger partial charge in [-0.2, -0.15) is 0 Å². The minimum absolute atomic E-state index is 0.137. The highest BCUT2D eigenvalue weighted by Crippen LogP contribution is 1.99. The van der Waals surface area contributed by atoms with Crippen molar-refractivity contribution >= 4 is 5.91 Å². The molecule has 3 heteroatoms. The Morgan fingerprint density at radius 2 is 2.15 bits per heavy atom. The average Bonchev–Trinajstić information content (AvgIpc) is 2.09. The largest absolute Gasteiger partial charge is 0.343 e. The van der Waals surface area contributed by atoms with E-state index in [1.807, 2.05) is 25.1 Å². The summed E-state index contributed by atoms with van der Waals surface area (Å²) in [5, 5.41) is 2.82. The third-order valence-corrected chi connectivity index (χ3v) is 1.65. The second kappa shape index (κ2) is 7.80. The van der Waals surface area contributed by atoms with E-state index in [2.05, 4.69) is 11.9 Å². The second-order valence-corrected chi connectivity index (χ2v) is 3.37. The van der Waals surface area contributed by atoms with Crippen LogP contribution in [-0.4, -0.2) is 31.6 Å². The summed E-state index contributed by atoms with van der Waals surface area (Å²) in [7, 11) is 3.86. The lowest BCUT2D eigenvalue weighted by Gasteiger charge is -2.10. The van der Waals surface area contributed by atoms with Crippen molar-refractivity contribution < 1.29 is 4.79 Å². The van der Waals surface area contributed by atoms with E-state index in [1.165, 1.54) is 0 Å². The third kappa shape index (κ3) is 9.08. The quantitative estimate of drug-likeness (QED) is 0.368. The van der Waals surface area contributed by atoms with E-state index in [1.54, 1.807) is 0 Å². The minimum atomic E-state index is 0.137. The molecule has 0 atom stereocenters. The molecule has 0 aromatic rings. The molecule has 3 nitrogen and oxygen atoms in total. The van der Waals surface area contributed by atoms with Gasteiger partial charge >= 0.3 is 0 Å². The number of nitrogens with one attached hydrogen (secondary N) is 1. The lowest BCUT2D eigenvalue weighted by atomic mass is 10.2. The molecule has 13 heavy (non-hydrogen) atoms. The van der Waals surface area contributed by atoms with Gasteiger partial charge in [-0.05, 0) is 33.4 Å². The van der Waals surface area contributed by atoms with E-state index in [0.29, 0.717) is 13.1 Å². The molecule has 0 bridgehead atoms. The molecule has 0 aliphatic heterocycles. The lowest BCUT2D eigenvalue weighted by Crippen LogP contribution is -2.32. The van der Waals surface area contributed by atoms with Gasteiger partial charge in [0.15, 0.2) is 0 Å². The predicted octanol–water partition coefficient (Wildman–Crippen LogP) is 1.37. The van der Waals surface area contributed by atoms with Gasteiger partial charge in [-0.15, -0.1) is 6.58 Å². The Bertz CT molecular complexity index is 155. The molecule has 0 heterocycles. The number of unbranched alkanes of at least 4 members (excludes halogenated alkanes) is 2. The molecule has 1 amide bonds. The van der Waals surface area contributed by atoms with Gasteiger partial charge in [0, 0.05) is 6.42 Å². The molecule has 0 aliphatic carbocycles. The molecule has 0 aromatic heterocycles.